The molecule has 0 rings (SSSR count). The van der Waals surface area contributed by atoms with E-state index in [2.05, 4.69) is 81.4 Å². The van der Waals surface area contributed by atoms with Gasteiger partial charge in [-0.25, -0.2) is 0 Å². The number of phosphoric ester groups is 1. The molecule has 0 aliphatic heterocycles. The van der Waals surface area contributed by atoms with Crippen molar-refractivity contribution in [3.63, 3.8) is 0 Å². The van der Waals surface area contributed by atoms with Crippen LogP contribution in [0.3, 0.4) is 0 Å². The van der Waals surface area contributed by atoms with Gasteiger partial charge in [0.05, 0.1) is 47.6 Å². The zero-order valence-electron chi connectivity index (χ0n) is 39.5. The first-order valence-corrected chi connectivity index (χ1v) is 24.6. The summed E-state index contributed by atoms with van der Waals surface area (Å²) in [5, 5.41) is 0. The van der Waals surface area contributed by atoms with Crippen LogP contribution in [-0.4, -0.2) is 71.3 Å². The van der Waals surface area contributed by atoms with Crippen molar-refractivity contribution in [2.75, 3.05) is 60.7 Å². The van der Waals surface area contributed by atoms with Gasteiger partial charge in [-0.3, -0.25) is 4.57 Å². The zero-order chi connectivity index (χ0) is 42.4. The van der Waals surface area contributed by atoms with Crippen molar-refractivity contribution in [1.82, 2.24) is 0 Å². The van der Waals surface area contributed by atoms with E-state index >= 15 is 0 Å². The molecule has 0 spiro atoms. The van der Waals surface area contributed by atoms with Crippen LogP contribution in [0.1, 0.15) is 185 Å². The van der Waals surface area contributed by atoms with Crippen molar-refractivity contribution >= 4 is 7.82 Å². The molecule has 334 valence electrons. The Balaban J connectivity index is 4.72. The Morgan fingerprint density at radius 1 is 0.571 bits per heavy atom. The highest BCUT2D eigenvalue weighted by Gasteiger charge is 2.18. The molecule has 0 saturated heterocycles. The molecule has 0 bridgehead atoms. The van der Waals surface area contributed by atoms with Crippen LogP contribution in [0.5, 0.6) is 0 Å². The van der Waals surface area contributed by atoms with Crippen LogP contribution in [0.4, 0.5) is 0 Å². The summed E-state index contributed by atoms with van der Waals surface area (Å²) < 4.78 is 35.6. The second-order valence-electron chi connectivity index (χ2n) is 19.9. The molecule has 6 atom stereocenters. The van der Waals surface area contributed by atoms with Crippen LogP contribution in [0.15, 0.2) is 23.3 Å². The number of hydrogen-bond donors (Lipinski definition) is 0. The molecule has 0 aromatic heterocycles. The fourth-order valence-corrected chi connectivity index (χ4v) is 7.86. The minimum atomic E-state index is -4.45. The van der Waals surface area contributed by atoms with Crippen LogP contribution in [0.2, 0.25) is 0 Å². The number of nitrogens with zero attached hydrogens (tertiary/aromatic N) is 1. The predicted octanol–water partition coefficient (Wildman–Crippen LogP) is 13.4. The lowest BCUT2D eigenvalue weighted by atomic mass is 9.91. The van der Waals surface area contributed by atoms with Gasteiger partial charge in [-0.15, -0.1) is 0 Å². The topological polar surface area (TPSA) is 77.1 Å². The maximum absolute atomic E-state index is 12.5. The maximum Gasteiger partial charge on any atom is 0.268 e. The number of likely N-dealkylation sites (N-methyl/N-ethyl adjacent to an activating group) is 1. The van der Waals surface area contributed by atoms with E-state index in [0.717, 1.165) is 48.3 Å². The molecule has 0 N–H and O–H groups in total. The molecule has 8 heteroatoms. The van der Waals surface area contributed by atoms with E-state index in [-0.39, 0.29) is 19.8 Å². The number of ether oxygens (including phenoxy) is 2. The lowest BCUT2D eigenvalue weighted by Gasteiger charge is -2.28. The summed E-state index contributed by atoms with van der Waals surface area (Å²) in [4.78, 5) is 12.5. The quantitative estimate of drug-likeness (QED) is 0.0267. The number of allylic oxidation sites excluding steroid dienone is 2. The Morgan fingerprint density at radius 2 is 0.964 bits per heavy atom. The normalized spacial score (nSPS) is 17.0. The van der Waals surface area contributed by atoms with E-state index in [9.17, 15) is 9.46 Å². The molecule has 0 aliphatic carbocycles. The molecular formula is C48H96NO6P. The smallest absolute Gasteiger partial charge is 0.268 e. The summed E-state index contributed by atoms with van der Waals surface area (Å²) in [6, 6.07) is 0. The summed E-state index contributed by atoms with van der Waals surface area (Å²) in [5.74, 6) is 4.84. The van der Waals surface area contributed by atoms with Gasteiger partial charge in [-0.05, 0) is 75.0 Å². The van der Waals surface area contributed by atoms with E-state index in [1.807, 2.05) is 21.1 Å². The van der Waals surface area contributed by atoms with Gasteiger partial charge < -0.3 is 27.9 Å². The molecule has 0 aliphatic rings. The van der Waals surface area contributed by atoms with E-state index in [0.29, 0.717) is 24.2 Å². The van der Waals surface area contributed by atoms with Gasteiger partial charge in [0.1, 0.15) is 19.3 Å². The summed E-state index contributed by atoms with van der Waals surface area (Å²) in [6.07, 6.45) is 27.0. The average molecular weight is 814 g/mol. The van der Waals surface area contributed by atoms with Crippen molar-refractivity contribution < 1.29 is 32.5 Å². The first kappa shape index (κ1) is 55.5. The molecular weight excluding hydrogens is 718 g/mol. The van der Waals surface area contributed by atoms with Crippen molar-refractivity contribution in [3.05, 3.63) is 23.3 Å². The number of rotatable bonds is 38. The molecule has 56 heavy (non-hydrogen) atoms. The molecule has 0 radical (unpaired) electrons. The predicted molar refractivity (Wildman–Crippen MR) is 240 cm³/mol. The third-order valence-corrected chi connectivity index (χ3v) is 12.3. The number of hydrogen-bond acceptors (Lipinski definition) is 6. The van der Waals surface area contributed by atoms with Crippen LogP contribution in [0, 0.1) is 35.5 Å². The van der Waals surface area contributed by atoms with Gasteiger partial charge in [0, 0.05) is 0 Å². The molecule has 0 aromatic carbocycles. The lowest BCUT2D eigenvalue weighted by molar-refractivity contribution is -0.870. The van der Waals surface area contributed by atoms with Crippen LogP contribution in [0.25, 0.3) is 0 Å². The van der Waals surface area contributed by atoms with E-state index < -0.39 is 13.9 Å². The monoisotopic (exact) mass is 814 g/mol. The first-order valence-electron chi connectivity index (χ1n) is 23.2. The second kappa shape index (κ2) is 33.2. The van der Waals surface area contributed by atoms with Crippen molar-refractivity contribution in [1.29, 1.82) is 0 Å². The van der Waals surface area contributed by atoms with Crippen molar-refractivity contribution in [3.8, 4) is 0 Å². The number of quaternary nitrogens is 1. The Kier molecular flexibility index (Phi) is 32.9. The van der Waals surface area contributed by atoms with Crippen LogP contribution < -0.4 is 4.89 Å². The van der Waals surface area contributed by atoms with E-state index in [1.165, 1.54) is 114 Å². The van der Waals surface area contributed by atoms with Crippen LogP contribution >= 0.6 is 7.82 Å². The maximum atomic E-state index is 12.5. The second-order valence-corrected chi connectivity index (χ2v) is 21.3. The van der Waals surface area contributed by atoms with Gasteiger partial charge >= 0.3 is 0 Å². The molecule has 0 aromatic rings. The standard InChI is InChI=1S/C48H96NO6P/c1-40(2)20-14-22-42(5)24-16-26-44(7)28-18-30-46(9)32-35-52-38-48(39-55-56(50,51)54-37-34-49(11,12)13)53-36-33-47(10)31-19-29-45(8)27-17-25-43(6)23-15-21-41(3)4/h32-33,40-45,48H,14-31,34-39H2,1-13H3/b46-32+,47-33+/t42-,43-,44-,45-,48-/m1/s1. The SMILES string of the molecule is C/C(=C\COC[C@H](COP(=O)([O-])OCC[N+](C)(C)C)OC/C=C(\C)CCC[C@H](C)CCC[C@H](C)CCCC(C)C)CCC[C@H](C)CCC[C@H](C)CCCC(C)C. The lowest BCUT2D eigenvalue weighted by Crippen LogP contribution is -2.37. The summed E-state index contributed by atoms with van der Waals surface area (Å²) in [6.45, 7) is 24.9. The Bertz CT molecular complexity index is 1040. The van der Waals surface area contributed by atoms with E-state index in [4.69, 9.17) is 18.5 Å². The molecule has 1 unspecified atom stereocenters. The average Bonchev–Trinajstić information content (AvgIpc) is 3.07. The van der Waals surface area contributed by atoms with Crippen LogP contribution in [-0.2, 0) is 23.1 Å². The highest BCUT2D eigenvalue weighted by atomic mass is 31.2. The molecule has 7 nitrogen and oxygen atoms in total. The Hall–Kier alpha value is -0.530. The largest absolute Gasteiger partial charge is 0.756 e. The zero-order valence-corrected chi connectivity index (χ0v) is 40.4. The molecule has 0 amide bonds. The number of phosphoric acid groups is 1. The fraction of sp³-hybridized carbons (Fsp3) is 0.917. The summed E-state index contributed by atoms with van der Waals surface area (Å²) in [5.41, 5.74) is 2.63. The first-order chi connectivity index (χ1) is 26.3. The molecule has 0 heterocycles. The minimum absolute atomic E-state index is 0.0744. The van der Waals surface area contributed by atoms with Crippen molar-refractivity contribution in [2.24, 2.45) is 35.5 Å². The van der Waals surface area contributed by atoms with Gasteiger partial charge in [-0.2, -0.15) is 0 Å². The molecule has 0 saturated carbocycles. The van der Waals surface area contributed by atoms with Gasteiger partial charge in [0.25, 0.3) is 7.82 Å². The highest BCUT2D eigenvalue weighted by molar-refractivity contribution is 7.45. The fourth-order valence-electron chi connectivity index (χ4n) is 7.13. The highest BCUT2D eigenvalue weighted by Crippen LogP contribution is 2.38. The third-order valence-electron chi connectivity index (χ3n) is 11.3. The summed E-state index contributed by atoms with van der Waals surface area (Å²) in [7, 11) is 1.52. The van der Waals surface area contributed by atoms with Crippen molar-refractivity contribution in [2.45, 2.75) is 191 Å². The summed E-state index contributed by atoms with van der Waals surface area (Å²) >= 11 is 0. The van der Waals surface area contributed by atoms with Gasteiger partial charge in [-0.1, -0.05) is 169 Å². The van der Waals surface area contributed by atoms with Gasteiger partial charge in [0.2, 0.25) is 0 Å². The van der Waals surface area contributed by atoms with Gasteiger partial charge in [0.15, 0.2) is 0 Å². The Labute approximate surface area is 349 Å². The third kappa shape index (κ3) is 37.7. The minimum Gasteiger partial charge on any atom is -0.756 e. The molecule has 0 fully saturated rings. The Morgan fingerprint density at radius 3 is 1.38 bits per heavy atom. The van der Waals surface area contributed by atoms with E-state index in [1.54, 1.807) is 0 Å².